The van der Waals surface area contributed by atoms with Crippen molar-refractivity contribution in [2.45, 2.75) is 26.7 Å². The van der Waals surface area contributed by atoms with Crippen LogP contribution in [0.4, 0.5) is 0 Å². The number of aryl methyl sites for hydroxylation is 1. The molecule has 0 aromatic carbocycles. The summed E-state index contributed by atoms with van der Waals surface area (Å²) in [5.41, 5.74) is 2.08. The van der Waals surface area contributed by atoms with Crippen LogP contribution in [0.3, 0.4) is 0 Å². The topological polar surface area (TPSA) is 22.1 Å². The summed E-state index contributed by atoms with van der Waals surface area (Å²) in [5.74, 6) is 1.34. The van der Waals surface area contributed by atoms with Gasteiger partial charge in [-0.1, -0.05) is 13.8 Å². The molecule has 0 aliphatic rings. The van der Waals surface area contributed by atoms with Crippen molar-refractivity contribution in [2.24, 2.45) is 0 Å². The number of pyridine rings is 1. The van der Waals surface area contributed by atoms with Gasteiger partial charge in [-0.25, -0.2) is 0 Å². The van der Waals surface area contributed by atoms with Gasteiger partial charge in [-0.05, 0) is 25.0 Å². The Hall–Kier alpha value is -1.05. The second kappa shape index (κ2) is 3.57. The van der Waals surface area contributed by atoms with E-state index < -0.39 is 0 Å². The molecule has 1 rings (SSSR count). The zero-order valence-electron chi connectivity index (χ0n) is 8.09. The monoisotopic (exact) mass is 165 g/mol. The Balaban J connectivity index is 3.02. The summed E-state index contributed by atoms with van der Waals surface area (Å²) in [6.07, 6.45) is 0. The van der Waals surface area contributed by atoms with Crippen LogP contribution in [0.5, 0.6) is 5.75 Å². The molecule has 1 aromatic heterocycles. The Labute approximate surface area is 73.6 Å². The van der Waals surface area contributed by atoms with Crippen LogP contribution >= 0.6 is 0 Å². The Kier molecular flexibility index (Phi) is 2.69. The number of rotatable bonds is 2. The lowest BCUT2D eigenvalue weighted by molar-refractivity contribution is 0.408. The molecule has 1 aromatic rings. The minimum absolute atomic E-state index is 0.481. The molecule has 0 bridgehead atoms. The van der Waals surface area contributed by atoms with Crippen molar-refractivity contribution in [1.82, 2.24) is 4.98 Å². The van der Waals surface area contributed by atoms with E-state index in [0.29, 0.717) is 5.92 Å². The zero-order valence-corrected chi connectivity index (χ0v) is 8.09. The van der Waals surface area contributed by atoms with Gasteiger partial charge < -0.3 is 4.74 Å². The van der Waals surface area contributed by atoms with Gasteiger partial charge in [0.25, 0.3) is 0 Å². The van der Waals surface area contributed by atoms with Crippen LogP contribution in [0, 0.1) is 6.92 Å². The van der Waals surface area contributed by atoms with Gasteiger partial charge in [-0.2, -0.15) is 0 Å². The SMILES string of the molecule is COc1ccc(C(C)C)nc1C. The Morgan fingerprint density at radius 2 is 2.00 bits per heavy atom. The molecule has 0 N–H and O–H groups in total. The van der Waals surface area contributed by atoms with Gasteiger partial charge in [0.2, 0.25) is 0 Å². The molecule has 2 nitrogen and oxygen atoms in total. The van der Waals surface area contributed by atoms with E-state index in [4.69, 9.17) is 4.74 Å². The molecule has 0 spiro atoms. The van der Waals surface area contributed by atoms with Crippen LogP contribution in [-0.4, -0.2) is 12.1 Å². The molecule has 0 unspecified atom stereocenters. The lowest BCUT2D eigenvalue weighted by atomic mass is 10.1. The molecule has 0 aliphatic heterocycles. The van der Waals surface area contributed by atoms with Crippen molar-refractivity contribution in [3.8, 4) is 5.75 Å². The lowest BCUT2D eigenvalue weighted by Crippen LogP contribution is -1.96. The minimum atomic E-state index is 0.481. The predicted molar refractivity (Wildman–Crippen MR) is 49.6 cm³/mol. The van der Waals surface area contributed by atoms with Crippen LogP contribution in [0.25, 0.3) is 0 Å². The van der Waals surface area contributed by atoms with Crippen LogP contribution in [0.15, 0.2) is 12.1 Å². The van der Waals surface area contributed by atoms with E-state index in [-0.39, 0.29) is 0 Å². The van der Waals surface area contributed by atoms with Crippen molar-refractivity contribution in [2.75, 3.05) is 7.11 Å². The summed E-state index contributed by atoms with van der Waals surface area (Å²) in [6, 6.07) is 3.98. The summed E-state index contributed by atoms with van der Waals surface area (Å²) in [4.78, 5) is 4.42. The van der Waals surface area contributed by atoms with E-state index in [9.17, 15) is 0 Å². The number of aromatic nitrogens is 1. The third kappa shape index (κ3) is 1.76. The van der Waals surface area contributed by atoms with Gasteiger partial charge in [0.1, 0.15) is 5.75 Å². The molecule has 0 saturated heterocycles. The molecule has 0 saturated carbocycles. The summed E-state index contributed by atoms with van der Waals surface area (Å²) in [5, 5.41) is 0. The molecular weight excluding hydrogens is 150 g/mol. The largest absolute Gasteiger partial charge is 0.495 e. The maximum Gasteiger partial charge on any atom is 0.140 e. The third-order valence-electron chi connectivity index (χ3n) is 1.87. The van der Waals surface area contributed by atoms with Gasteiger partial charge in [0, 0.05) is 5.69 Å². The fourth-order valence-electron chi connectivity index (χ4n) is 1.10. The first-order chi connectivity index (χ1) is 5.65. The highest BCUT2D eigenvalue weighted by molar-refractivity contribution is 5.29. The maximum absolute atomic E-state index is 5.12. The average Bonchev–Trinajstić information content (AvgIpc) is 2.04. The van der Waals surface area contributed by atoms with E-state index in [1.54, 1.807) is 7.11 Å². The standard InChI is InChI=1S/C10H15NO/c1-7(2)9-5-6-10(12-4)8(3)11-9/h5-7H,1-4H3. The highest BCUT2D eigenvalue weighted by atomic mass is 16.5. The number of nitrogens with zero attached hydrogens (tertiary/aromatic N) is 1. The second-order valence-electron chi connectivity index (χ2n) is 3.18. The lowest BCUT2D eigenvalue weighted by Gasteiger charge is -2.08. The molecule has 0 atom stereocenters. The Morgan fingerprint density at radius 3 is 2.42 bits per heavy atom. The van der Waals surface area contributed by atoms with E-state index in [2.05, 4.69) is 18.8 Å². The van der Waals surface area contributed by atoms with Crippen molar-refractivity contribution in [3.05, 3.63) is 23.5 Å². The van der Waals surface area contributed by atoms with Gasteiger partial charge >= 0.3 is 0 Å². The van der Waals surface area contributed by atoms with E-state index in [1.165, 1.54) is 0 Å². The molecule has 0 amide bonds. The quantitative estimate of drug-likeness (QED) is 0.671. The first-order valence-electron chi connectivity index (χ1n) is 4.16. The Bertz CT molecular complexity index is 269. The molecule has 1 heterocycles. The van der Waals surface area contributed by atoms with Crippen molar-refractivity contribution in [3.63, 3.8) is 0 Å². The third-order valence-corrected chi connectivity index (χ3v) is 1.87. The first kappa shape index (κ1) is 9.04. The number of hydrogen-bond acceptors (Lipinski definition) is 2. The highest BCUT2D eigenvalue weighted by Gasteiger charge is 2.03. The molecule has 12 heavy (non-hydrogen) atoms. The van der Waals surface area contributed by atoms with E-state index in [0.717, 1.165) is 17.1 Å². The number of ether oxygens (including phenoxy) is 1. The fourth-order valence-corrected chi connectivity index (χ4v) is 1.10. The van der Waals surface area contributed by atoms with E-state index >= 15 is 0 Å². The minimum Gasteiger partial charge on any atom is -0.495 e. The van der Waals surface area contributed by atoms with Gasteiger partial charge in [0.05, 0.1) is 12.8 Å². The smallest absolute Gasteiger partial charge is 0.140 e. The normalized spacial score (nSPS) is 10.4. The fraction of sp³-hybridized carbons (Fsp3) is 0.500. The predicted octanol–water partition coefficient (Wildman–Crippen LogP) is 2.52. The summed E-state index contributed by atoms with van der Waals surface area (Å²) in [6.45, 7) is 6.23. The molecule has 2 heteroatoms. The maximum atomic E-state index is 5.12. The van der Waals surface area contributed by atoms with Crippen LogP contribution in [-0.2, 0) is 0 Å². The van der Waals surface area contributed by atoms with Crippen molar-refractivity contribution < 1.29 is 4.74 Å². The zero-order chi connectivity index (χ0) is 9.14. The summed E-state index contributed by atoms with van der Waals surface area (Å²) < 4.78 is 5.12. The number of methoxy groups -OCH3 is 1. The molecule has 0 fully saturated rings. The Morgan fingerprint density at radius 1 is 1.33 bits per heavy atom. The highest BCUT2D eigenvalue weighted by Crippen LogP contribution is 2.19. The van der Waals surface area contributed by atoms with Crippen LogP contribution < -0.4 is 4.74 Å². The van der Waals surface area contributed by atoms with Crippen LogP contribution in [0.2, 0.25) is 0 Å². The van der Waals surface area contributed by atoms with Gasteiger partial charge in [-0.3, -0.25) is 4.98 Å². The van der Waals surface area contributed by atoms with Crippen LogP contribution in [0.1, 0.15) is 31.2 Å². The molecule has 66 valence electrons. The first-order valence-corrected chi connectivity index (χ1v) is 4.16. The second-order valence-corrected chi connectivity index (χ2v) is 3.18. The van der Waals surface area contributed by atoms with Crippen molar-refractivity contribution >= 4 is 0 Å². The van der Waals surface area contributed by atoms with Gasteiger partial charge in [0.15, 0.2) is 0 Å². The number of hydrogen-bond donors (Lipinski definition) is 0. The van der Waals surface area contributed by atoms with E-state index in [1.807, 2.05) is 19.1 Å². The molecular formula is C10H15NO. The summed E-state index contributed by atoms with van der Waals surface area (Å²) in [7, 11) is 1.67. The average molecular weight is 165 g/mol. The molecule has 0 radical (unpaired) electrons. The van der Waals surface area contributed by atoms with Crippen molar-refractivity contribution in [1.29, 1.82) is 0 Å². The van der Waals surface area contributed by atoms with Gasteiger partial charge in [-0.15, -0.1) is 0 Å². The molecule has 0 aliphatic carbocycles. The summed E-state index contributed by atoms with van der Waals surface area (Å²) >= 11 is 0.